The molecule has 0 spiro atoms. The number of hydroxylamine groups is 1. The molecular formula is C15H20Cl2N4O3. The van der Waals surface area contributed by atoms with Crippen LogP contribution < -0.4 is 10.8 Å². The normalized spacial score (nSPS) is 17.3. The summed E-state index contributed by atoms with van der Waals surface area (Å²) in [7, 11) is 0. The minimum absolute atomic E-state index is 0. The van der Waals surface area contributed by atoms with Gasteiger partial charge >= 0.3 is 0 Å². The van der Waals surface area contributed by atoms with Crippen LogP contribution in [0.15, 0.2) is 18.3 Å². The van der Waals surface area contributed by atoms with Crippen molar-refractivity contribution in [3.05, 3.63) is 28.9 Å². The average Bonchev–Trinajstić information content (AvgIpc) is 2.55. The molecule has 0 bridgehead atoms. The van der Waals surface area contributed by atoms with E-state index in [1.165, 1.54) is 17.6 Å². The summed E-state index contributed by atoms with van der Waals surface area (Å²) in [4.78, 5) is 28.5. The van der Waals surface area contributed by atoms with E-state index in [0.29, 0.717) is 22.9 Å². The molecular weight excluding hydrogens is 355 g/mol. The highest BCUT2D eigenvalue weighted by atomic mass is 35.5. The molecule has 2 rings (SSSR count). The lowest BCUT2D eigenvalue weighted by molar-refractivity contribution is -0.129. The van der Waals surface area contributed by atoms with Crippen LogP contribution in [0.1, 0.15) is 25.3 Å². The van der Waals surface area contributed by atoms with Gasteiger partial charge in [-0.2, -0.15) is 0 Å². The number of rotatable bonds is 4. The number of hydrogen-bond acceptors (Lipinski definition) is 5. The molecule has 2 amide bonds. The number of pyridine rings is 1. The first-order chi connectivity index (χ1) is 11.0. The highest BCUT2D eigenvalue weighted by Gasteiger charge is 2.22. The highest BCUT2D eigenvalue weighted by molar-refractivity contribution is 6.33. The number of anilines is 1. The van der Waals surface area contributed by atoms with Crippen molar-refractivity contribution in [2.45, 2.75) is 25.8 Å². The molecule has 3 N–H and O–H groups in total. The van der Waals surface area contributed by atoms with Gasteiger partial charge in [0.2, 0.25) is 5.91 Å². The molecule has 1 fully saturated rings. The Labute approximate surface area is 151 Å². The fraction of sp³-hybridized carbons (Fsp3) is 0.400. The van der Waals surface area contributed by atoms with Gasteiger partial charge in [-0.3, -0.25) is 14.8 Å². The smallest absolute Gasteiger partial charge is 0.267 e. The lowest BCUT2D eigenvalue weighted by atomic mass is 10.1. The van der Waals surface area contributed by atoms with Crippen LogP contribution in [0.2, 0.25) is 5.02 Å². The summed E-state index contributed by atoms with van der Waals surface area (Å²) in [6.45, 7) is 2.98. The number of hydrogen-bond donors (Lipinski definition) is 3. The number of carbonyl (C=O) groups excluding carboxylic acids is 2. The van der Waals surface area contributed by atoms with Gasteiger partial charge in [-0.1, -0.05) is 11.6 Å². The minimum atomic E-state index is -0.630. The van der Waals surface area contributed by atoms with Gasteiger partial charge in [-0.15, -0.1) is 12.4 Å². The second-order valence-electron chi connectivity index (χ2n) is 5.36. The standard InChI is InChI=1S/C15H19ClN4O3.ClH/c1-10(21)20-6-2-3-12(9-20)18-15-13(16)7-11(8-17-15)4-5-14(22)19-23;/h4-5,7-8,12,23H,2-3,6,9H2,1H3,(H,17,18)(H,19,22);1H/b5-4+;. The Morgan fingerprint density at radius 1 is 1.50 bits per heavy atom. The van der Waals surface area contributed by atoms with Crippen LogP contribution in [0.4, 0.5) is 5.82 Å². The Balaban J connectivity index is 0.00000288. The molecule has 0 radical (unpaired) electrons. The molecule has 1 aromatic rings. The van der Waals surface area contributed by atoms with Gasteiger partial charge in [-0.05, 0) is 30.5 Å². The Morgan fingerprint density at radius 3 is 2.88 bits per heavy atom. The van der Waals surface area contributed by atoms with Crippen molar-refractivity contribution in [3.8, 4) is 0 Å². The van der Waals surface area contributed by atoms with Gasteiger partial charge in [0.1, 0.15) is 5.82 Å². The highest BCUT2D eigenvalue weighted by Crippen LogP contribution is 2.23. The largest absolute Gasteiger partial charge is 0.364 e. The van der Waals surface area contributed by atoms with E-state index in [1.54, 1.807) is 24.1 Å². The molecule has 2 heterocycles. The predicted molar refractivity (Wildman–Crippen MR) is 94.4 cm³/mol. The van der Waals surface area contributed by atoms with Gasteiger partial charge in [0.05, 0.1) is 5.02 Å². The monoisotopic (exact) mass is 374 g/mol. The molecule has 1 aromatic heterocycles. The zero-order valence-electron chi connectivity index (χ0n) is 13.2. The van der Waals surface area contributed by atoms with Crippen LogP contribution in [0.3, 0.4) is 0 Å². The van der Waals surface area contributed by atoms with E-state index in [1.807, 2.05) is 0 Å². The second-order valence-corrected chi connectivity index (χ2v) is 5.76. The van der Waals surface area contributed by atoms with E-state index in [4.69, 9.17) is 16.8 Å². The van der Waals surface area contributed by atoms with E-state index in [2.05, 4.69) is 10.3 Å². The third-order valence-electron chi connectivity index (χ3n) is 3.61. The van der Waals surface area contributed by atoms with Crippen molar-refractivity contribution >= 4 is 47.7 Å². The van der Waals surface area contributed by atoms with E-state index in [0.717, 1.165) is 19.4 Å². The molecule has 1 saturated heterocycles. The van der Waals surface area contributed by atoms with Crippen molar-refractivity contribution in [2.75, 3.05) is 18.4 Å². The molecule has 0 saturated carbocycles. The summed E-state index contributed by atoms with van der Waals surface area (Å²) in [6.07, 6.45) is 6.12. The summed E-state index contributed by atoms with van der Waals surface area (Å²) in [5, 5.41) is 12.1. The first-order valence-electron chi connectivity index (χ1n) is 7.29. The zero-order valence-corrected chi connectivity index (χ0v) is 14.7. The summed E-state index contributed by atoms with van der Waals surface area (Å²) in [6, 6.07) is 1.78. The SMILES string of the molecule is CC(=O)N1CCCC(Nc2ncc(/C=C/C(=O)NO)cc2Cl)C1.Cl. The third kappa shape index (κ3) is 5.67. The Hall–Kier alpha value is -1.83. The van der Waals surface area contributed by atoms with Gasteiger partial charge in [0.25, 0.3) is 5.91 Å². The number of aromatic nitrogens is 1. The molecule has 1 unspecified atom stereocenters. The van der Waals surface area contributed by atoms with Gasteiger partial charge in [0, 0.05) is 38.3 Å². The van der Waals surface area contributed by atoms with Crippen LogP contribution >= 0.6 is 24.0 Å². The quantitative estimate of drug-likeness (QED) is 0.426. The summed E-state index contributed by atoms with van der Waals surface area (Å²) >= 11 is 6.21. The zero-order chi connectivity index (χ0) is 16.8. The molecule has 9 heteroatoms. The molecule has 0 aromatic carbocycles. The van der Waals surface area contributed by atoms with E-state index < -0.39 is 5.91 Å². The maximum absolute atomic E-state index is 11.5. The number of nitrogens with one attached hydrogen (secondary N) is 2. The lowest BCUT2D eigenvalue weighted by Gasteiger charge is -2.32. The van der Waals surface area contributed by atoms with Gasteiger partial charge in [0.15, 0.2) is 0 Å². The molecule has 1 aliphatic heterocycles. The fourth-order valence-corrected chi connectivity index (χ4v) is 2.66. The van der Waals surface area contributed by atoms with Crippen LogP contribution in [0.25, 0.3) is 6.08 Å². The molecule has 1 atom stereocenters. The maximum atomic E-state index is 11.5. The van der Waals surface area contributed by atoms with Crippen molar-refractivity contribution in [2.24, 2.45) is 0 Å². The van der Waals surface area contributed by atoms with Crippen LogP contribution in [0.5, 0.6) is 0 Å². The van der Waals surface area contributed by atoms with Crippen molar-refractivity contribution in [1.29, 1.82) is 0 Å². The molecule has 24 heavy (non-hydrogen) atoms. The number of nitrogens with zero attached hydrogens (tertiary/aromatic N) is 2. The molecule has 132 valence electrons. The number of likely N-dealkylation sites (tertiary alicyclic amines) is 1. The van der Waals surface area contributed by atoms with E-state index >= 15 is 0 Å². The van der Waals surface area contributed by atoms with Crippen LogP contribution in [0, 0.1) is 0 Å². The first-order valence-corrected chi connectivity index (χ1v) is 7.67. The van der Waals surface area contributed by atoms with Gasteiger partial charge < -0.3 is 10.2 Å². The maximum Gasteiger partial charge on any atom is 0.267 e. The van der Waals surface area contributed by atoms with Crippen LogP contribution in [-0.2, 0) is 9.59 Å². The molecule has 1 aliphatic rings. The number of halogens is 2. The fourth-order valence-electron chi connectivity index (χ4n) is 2.43. The summed E-state index contributed by atoms with van der Waals surface area (Å²) in [5.41, 5.74) is 2.14. The Kier molecular flexibility index (Phi) is 7.97. The Morgan fingerprint density at radius 2 is 2.25 bits per heavy atom. The first kappa shape index (κ1) is 20.2. The van der Waals surface area contributed by atoms with Crippen molar-refractivity contribution in [3.63, 3.8) is 0 Å². The average molecular weight is 375 g/mol. The number of amides is 2. The van der Waals surface area contributed by atoms with Crippen molar-refractivity contribution in [1.82, 2.24) is 15.4 Å². The predicted octanol–water partition coefficient (Wildman–Crippen LogP) is 2.10. The second kappa shape index (κ2) is 9.46. The minimum Gasteiger partial charge on any atom is -0.364 e. The van der Waals surface area contributed by atoms with Crippen molar-refractivity contribution < 1.29 is 14.8 Å². The summed E-state index contributed by atoms with van der Waals surface area (Å²) in [5.74, 6) is -0.0149. The number of carbonyl (C=O) groups is 2. The molecule has 0 aliphatic carbocycles. The third-order valence-corrected chi connectivity index (χ3v) is 3.90. The Bertz CT molecular complexity index is 625. The number of piperidine rings is 1. The molecule has 7 nitrogen and oxygen atoms in total. The summed E-state index contributed by atoms with van der Waals surface area (Å²) < 4.78 is 0. The lowest BCUT2D eigenvalue weighted by Crippen LogP contribution is -2.44. The van der Waals surface area contributed by atoms with E-state index in [9.17, 15) is 9.59 Å². The topological polar surface area (TPSA) is 94.6 Å². The van der Waals surface area contributed by atoms with E-state index in [-0.39, 0.29) is 24.4 Å². The van der Waals surface area contributed by atoms with Gasteiger partial charge in [-0.25, -0.2) is 10.5 Å². The van der Waals surface area contributed by atoms with Crippen LogP contribution in [-0.4, -0.2) is 46.0 Å².